The quantitative estimate of drug-likeness (QED) is 0.294. The van der Waals surface area contributed by atoms with E-state index in [1.807, 2.05) is 25.4 Å². The van der Waals surface area contributed by atoms with Gasteiger partial charge in [-0.1, -0.05) is 17.7 Å². The summed E-state index contributed by atoms with van der Waals surface area (Å²) in [5, 5.41) is 32.5. The number of aromatic nitrogens is 5. The van der Waals surface area contributed by atoms with Gasteiger partial charge in [-0.2, -0.15) is 10.2 Å². The molecule has 1 saturated carbocycles. The van der Waals surface area contributed by atoms with Crippen LogP contribution in [0.15, 0.2) is 42.9 Å². The van der Waals surface area contributed by atoms with Crippen LogP contribution in [0, 0.1) is 5.82 Å². The van der Waals surface area contributed by atoms with E-state index < -0.39 is 11.9 Å². The molecule has 3 N–H and O–H groups in total. The maximum atomic E-state index is 13.8. The molecule has 0 bridgehead atoms. The van der Waals surface area contributed by atoms with E-state index in [9.17, 15) is 9.50 Å². The van der Waals surface area contributed by atoms with E-state index >= 15 is 0 Å². The molecule has 0 spiro atoms. The van der Waals surface area contributed by atoms with Crippen molar-refractivity contribution in [2.75, 3.05) is 18.5 Å². The van der Waals surface area contributed by atoms with Crippen LogP contribution in [0.4, 0.5) is 10.2 Å². The molecular formula is C26H30ClFN6O3. The Labute approximate surface area is 218 Å². The zero-order chi connectivity index (χ0) is 25.9. The number of hydrogen-bond donors (Lipinski definition) is 3. The maximum absolute atomic E-state index is 13.8. The third-order valence-electron chi connectivity index (χ3n) is 6.66. The van der Waals surface area contributed by atoms with Crippen molar-refractivity contribution >= 4 is 28.3 Å². The van der Waals surface area contributed by atoms with Gasteiger partial charge in [-0.3, -0.25) is 9.36 Å². The van der Waals surface area contributed by atoms with Gasteiger partial charge in [0.15, 0.2) is 0 Å². The molecular weight excluding hydrogens is 499 g/mol. The van der Waals surface area contributed by atoms with Crippen molar-refractivity contribution in [2.24, 2.45) is 0 Å². The first-order valence-corrected chi connectivity index (χ1v) is 12.9. The fourth-order valence-electron chi connectivity index (χ4n) is 4.82. The predicted molar refractivity (Wildman–Crippen MR) is 139 cm³/mol. The van der Waals surface area contributed by atoms with E-state index in [4.69, 9.17) is 26.5 Å². The third-order valence-corrected chi connectivity index (χ3v) is 7.03. The lowest BCUT2D eigenvalue weighted by Crippen LogP contribution is -2.26. The monoisotopic (exact) mass is 528 g/mol. The molecule has 0 unspecified atom stereocenters. The third kappa shape index (κ3) is 5.41. The standard InChI is InChI=1S/C26H30ClFN6O3/c1-2-29-24-10-22-20(12-30-24)26(16-11-31-33(13-16)14-18(36)15-35)32-34(22)17-6-8-19(9-7-17)37-23-5-3-4-21(28)25(23)27/h3-5,10-13,17-19,35-36H,2,6-9,14-15H2,1H3,(H,29,30)/t17?,18-,19?/m1/s1. The molecule has 3 aromatic heterocycles. The van der Waals surface area contributed by atoms with Gasteiger partial charge >= 0.3 is 0 Å². The number of aliphatic hydroxyl groups excluding tert-OH is 2. The molecule has 1 aromatic carbocycles. The maximum Gasteiger partial charge on any atom is 0.145 e. The normalized spacial score (nSPS) is 18.7. The number of nitrogens with one attached hydrogen (secondary N) is 1. The minimum atomic E-state index is -0.883. The number of rotatable bonds is 9. The van der Waals surface area contributed by atoms with Crippen LogP contribution < -0.4 is 10.1 Å². The second-order valence-electron chi connectivity index (χ2n) is 9.30. The molecule has 4 aromatic rings. The first kappa shape index (κ1) is 25.4. The van der Waals surface area contributed by atoms with Crippen LogP contribution in [0.5, 0.6) is 5.75 Å². The second kappa shape index (κ2) is 11.0. The minimum absolute atomic E-state index is 0.0165. The SMILES string of the molecule is CCNc1cc2c(cn1)c(-c1cnn(C[C@@H](O)CO)c1)nn2C1CCC(Oc2cccc(F)c2Cl)CC1. The summed E-state index contributed by atoms with van der Waals surface area (Å²) in [4.78, 5) is 4.56. The predicted octanol–water partition coefficient (Wildman–Crippen LogP) is 4.44. The molecule has 1 aliphatic carbocycles. The first-order chi connectivity index (χ1) is 18.0. The Kier molecular flexibility index (Phi) is 7.59. The lowest BCUT2D eigenvalue weighted by Gasteiger charge is -2.29. The molecule has 11 heteroatoms. The van der Waals surface area contributed by atoms with E-state index in [2.05, 4.69) is 20.1 Å². The smallest absolute Gasteiger partial charge is 0.145 e. The highest BCUT2D eigenvalue weighted by Gasteiger charge is 2.27. The highest BCUT2D eigenvalue weighted by atomic mass is 35.5. The number of anilines is 1. The van der Waals surface area contributed by atoms with E-state index in [0.717, 1.165) is 60.2 Å². The van der Waals surface area contributed by atoms with E-state index in [1.54, 1.807) is 23.0 Å². The van der Waals surface area contributed by atoms with Crippen LogP contribution in [0.25, 0.3) is 22.2 Å². The summed E-state index contributed by atoms with van der Waals surface area (Å²) in [5.41, 5.74) is 2.55. The van der Waals surface area contributed by atoms with Crippen LogP contribution in [-0.4, -0.2) is 60.1 Å². The number of aliphatic hydroxyl groups is 2. The van der Waals surface area contributed by atoms with Crippen LogP contribution in [-0.2, 0) is 6.54 Å². The first-order valence-electron chi connectivity index (χ1n) is 12.5. The van der Waals surface area contributed by atoms with Crippen LogP contribution in [0.3, 0.4) is 0 Å². The molecule has 0 amide bonds. The Morgan fingerprint density at radius 3 is 2.81 bits per heavy atom. The lowest BCUT2D eigenvalue weighted by molar-refractivity contribution is 0.0783. The van der Waals surface area contributed by atoms with Gasteiger partial charge < -0.3 is 20.3 Å². The number of fused-ring (bicyclic) bond motifs is 1. The molecule has 0 radical (unpaired) electrons. The molecule has 1 fully saturated rings. The van der Waals surface area contributed by atoms with Crippen LogP contribution in [0.1, 0.15) is 38.6 Å². The van der Waals surface area contributed by atoms with E-state index in [0.29, 0.717) is 5.75 Å². The zero-order valence-electron chi connectivity index (χ0n) is 20.5. The summed E-state index contributed by atoms with van der Waals surface area (Å²) in [6, 6.07) is 6.79. The Hall–Kier alpha value is -3.21. The summed E-state index contributed by atoms with van der Waals surface area (Å²) in [6.45, 7) is 2.64. The highest BCUT2D eigenvalue weighted by molar-refractivity contribution is 6.32. The average Bonchev–Trinajstić information content (AvgIpc) is 3.52. The molecule has 0 aliphatic heterocycles. The Bertz CT molecular complexity index is 1370. The van der Waals surface area contributed by atoms with Crippen molar-refractivity contribution in [2.45, 2.75) is 57.4 Å². The van der Waals surface area contributed by atoms with Crippen molar-refractivity contribution in [1.29, 1.82) is 0 Å². The molecule has 196 valence electrons. The van der Waals surface area contributed by atoms with Gasteiger partial charge in [0, 0.05) is 36.0 Å². The fourth-order valence-corrected chi connectivity index (χ4v) is 4.99. The number of pyridine rings is 1. The van der Waals surface area contributed by atoms with Gasteiger partial charge in [-0.05, 0) is 44.7 Å². The second-order valence-corrected chi connectivity index (χ2v) is 9.68. The molecule has 3 heterocycles. The number of nitrogens with zero attached hydrogens (tertiary/aromatic N) is 5. The number of ether oxygens (including phenoxy) is 1. The topological polar surface area (TPSA) is 110 Å². The molecule has 0 saturated heterocycles. The molecule has 37 heavy (non-hydrogen) atoms. The molecule has 1 aliphatic rings. The van der Waals surface area contributed by atoms with Gasteiger partial charge in [0.25, 0.3) is 0 Å². The Morgan fingerprint density at radius 2 is 2.05 bits per heavy atom. The van der Waals surface area contributed by atoms with Gasteiger partial charge in [-0.25, -0.2) is 9.37 Å². The zero-order valence-corrected chi connectivity index (χ0v) is 21.3. The van der Waals surface area contributed by atoms with E-state index in [-0.39, 0.29) is 30.3 Å². The van der Waals surface area contributed by atoms with Gasteiger partial charge in [0.2, 0.25) is 0 Å². The van der Waals surface area contributed by atoms with Gasteiger partial charge in [0.1, 0.15) is 28.1 Å². The largest absolute Gasteiger partial charge is 0.489 e. The number of benzene rings is 1. The summed E-state index contributed by atoms with van der Waals surface area (Å²) in [7, 11) is 0. The molecule has 1 atom stereocenters. The summed E-state index contributed by atoms with van der Waals surface area (Å²) in [5.74, 6) is 0.673. The number of hydrogen-bond acceptors (Lipinski definition) is 7. The van der Waals surface area contributed by atoms with Crippen molar-refractivity contribution in [3.05, 3.63) is 53.7 Å². The average molecular weight is 529 g/mol. The lowest BCUT2D eigenvalue weighted by atomic mass is 9.93. The van der Waals surface area contributed by atoms with Crippen molar-refractivity contribution < 1.29 is 19.3 Å². The Morgan fingerprint density at radius 1 is 1.24 bits per heavy atom. The fraction of sp³-hybridized carbons (Fsp3) is 0.423. The summed E-state index contributed by atoms with van der Waals surface area (Å²) >= 11 is 6.08. The minimum Gasteiger partial charge on any atom is -0.489 e. The molecule has 5 rings (SSSR count). The number of halogens is 2. The van der Waals surface area contributed by atoms with Gasteiger partial charge in [0.05, 0.1) is 43.1 Å². The van der Waals surface area contributed by atoms with E-state index in [1.165, 1.54) is 6.07 Å². The van der Waals surface area contributed by atoms with Crippen LogP contribution in [0.2, 0.25) is 5.02 Å². The van der Waals surface area contributed by atoms with Crippen molar-refractivity contribution in [3.8, 4) is 17.0 Å². The molecule has 9 nitrogen and oxygen atoms in total. The highest BCUT2D eigenvalue weighted by Crippen LogP contribution is 2.37. The van der Waals surface area contributed by atoms with Crippen molar-refractivity contribution in [3.63, 3.8) is 0 Å². The Balaban J connectivity index is 1.40. The van der Waals surface area contributed by atoms with Gasteiger partial charge in [-0.15, -0.1) is 0 Å². The summed E-state index contributed by atoms with van der Waals surface area (Å²) < 4.78 is 23.5. The summed E-state index contributed by atoms with van der Waals surface area (Å²) in [6.07, 6.45) is 7.68. The van der Waals surface area contributed by atoms with Crippen molar-refractivity contribution in [1.82, 2.24) is 24.5 Å². The van der Waals surface area contributed by atoms with Crippen LogP contribution >= 0.6 is 11.6 Å².